The molecule has 0 aliphatic heterocycles. The number of hydrogen-bond acceptors (Lipinski definition) is 7. The van der Waals surface area contributed by atoms with Gasteiger partial charge in [0.15, 0.2) is 0 Å². The predicted molar refractivity (Wildman–Crippen MR) is 80.0 cm³/mol. The van der Waals surface area contributed by atoms with Crippen molar-refractivity contribution in [3.05, 3.63) is 53.9 Å². The van der Waals surface area contributed by atoms with E-state index >= 15 is 0 Å². The smallest absolute Gasteiger partial charge is 0.335 e. The lowest BCUT2D eigenvalue weighted by atomic mass is 10.1. The largest absolute Gasteiger partial charge is 0.872 e. The van der Waals surface area contributed by atoms with Crippen molar-refractivity contribution in [1.29, 1.82) is 0 Å². The second kappa shape index (κ2) is 5.84. The summed E-state index contributed by atoms with van der Waals surface area (Å²) in [6, 6.07) is 8.00. The van der Waals surface area contributed by atoms with E-state index in [1.165, 1.54) is 36.7 Å². The van der Waals surface area contributed by atoms with E-state index in [9.17, 15) is 19.8 Å². The summed E-state index contributed by atoms with van der Waals surface area (Å²) in [4.78, 5) is 30.0. The molecule has 0 amide bonds. The summed E-state index contributed by atoms with van der Waals surface area (Å²) < 4.78 is 0. The van der Waals surface area contributed by atoms with Crippen LogP contribution in [0, 0.1) is 0 Å². The number of carbonyl (C=O) groups excluding carboxylic acids is 1. The highest BCUT2D eigenvalue weighted by Gasteiger charge is 2.08. The highest BCUT2D eigenvalue weighted by atomic mass is 16.4. The van der Waals surface area contributed by atoms with Gasteiger partial charge in [-0.25, -0.2) is 14.8 Å². The molecule has 0 spiro atoms. The molecular formula is C16H9N3O5-2. The second-order valence-corrected chi connectivity index (χ2v) is 4.88. The lowest BCUT2D eigenvalue weighted by Gasteiger charge is -2.14. The molecule has 0 fully saturated rings. The maximum Gasteiger partial charge on any atom is 0.335 e. The SMILES string of the molecule is O=C([O-])c1ccc2c(Nc3ccc([O-])c(C(=O)O)c3)ncnc2c1. The molecule has 2 aromatic carbocycles. The van der Waals surface area contributed by atoms with Gasteiger partial charge in [0, 0.05) is 11.1 Å². The Balaban J connectivity index is 2.03. The number of carboxylic acid groups (broad SMARTS) is 2. The first-order valence-electron chi connectivity index (χ1n) is 6.73. The van der Waals surface area contributed by atoms with E-state index < -0.39 is 17.7 Å². The van der Waals surface area contributed by atoms with Gasteiger partial charge >= 0.3 is 5.97 Å². The van der Waals surface area contributed by atoms with Crippen molar-refractivity contribution in [2.75, 3.05) is 5.32 Å². The summed E-state index contributed by atoms with van der Waals surface area (Å²) >= 11 is 0. The Morgan fingerprint density at radius 1 is 1.08 bits per heavy atom. The Morgan fingerprint density at radius 2 is 1.88 bits per heavy atom. The molecule has 0 unspecified atom stereocenters. The van der Waals surface area contributed by atoms with Crippen LogP contribution in [0.2, 0.25) is 0 Å². The van der Waals surface area contributed by atoms with Crippen molar-refractivity contribution < 1.29 is 24.9 Å². The van der Waals surface area contributed by atoms with Crippen LogP contribution in [0.3, 0.4) is 0 Å². The molecule has 0 saturated heterocycles. The zero-order valence-corrected chi connectivity index (χ0v) is 12.0. The number of carbonyl (C=O) groups is 2. The number of nitrogens with zero attached hydrogens (tertiary/aromatic N) is 2. The zero-order valence-electron chi connectivity index (χ0n) is 12.0. The quantitative estimate of drug-likeness (QED) is 0.708. The van der Waals surface area contributed by atoms with Gasteiger partial charge in [-0.05, 0) is 29.8 Å². The summed E-state index contributed by atoms with van der Waals surface area (Å²) in [6.45, 7) is 0. The van der Waals surface area contributed by atoms with E-state index in [-0.39, 0.29) is 11.1 Å². The van der Waals surface area contributed by atoms with Crippen molar-refractivity contribution in [3.63, 3.8) is 0 Å². The van der Waals surface area contributed by atoms with Gasteiger partial charge in [-0.1, -0.05) is 17.9 Å². The van der Waals surface area contributed by atoms with E-state index in [0.29, 0.717) is 22.4 Å². The highest BCUT2D eigenvalue weighted by molar-refractivity contribution is 5.97. The Bertz CT molecular complexity index is 971. The predicted octanol–water partition coefficient (Wildman–Crippen LogP) is 0.509. The van der Waals surface area contributed by atoms with Crippen molar-refractivity contribution in [1.82, 2.24) is 9.97 Å². The third-order valence-electron chi connectivity index (χ3n) is 3.34. The summed E-state index contributed by atoms with van der Waals surface area (Å²) in [6.07, 6.45) is 1.24. The molecule has 24 heavy (non-hydrogen) atoms. The van der Waals surface area contributed by atoms with E-state index in [1.807, 2.05) is 0 Å². The van der Waals surface area contributed by atoms with Crippen LogP contribution in [0.15, 0.2) is 42.7 Å². The number of carboxylic acids is 2. The van der Waals surface area contributed by atoms with Crippen LogP contribution in [0.25, 0.3) is 10.9 Å². The van der Waals surface area contributed by atoms with Crippen LogP contribution in [0.4, 0.5) is 11.5 Å². The molecular weight excluding hydrogens is 314 g/mol. The average Bonchev–Trinajstić information content (AvgIpc) is 2.56. The van der Waals surface area contributed by atoms with Crippen molar-refractivity contribution in [2.24, 2.45) is 0 Å². The van der Waals surface area contributed by atoms with Crippen LogP contribution in [0.1, 0.15) is 20.7 Å². The zero-order chi connectivity index (χ0) is 17.3. The van der Waals surface area contributed by atoms with Crippen LogP contribution in [0.5, 0.6) is 5.75 Å². The second-order valence-electron chi connectivity index (χ2n) is 4.88. The molecule has 1 aromatic heterocycles. The fourth-order valence-electron chi connectivity index (χ4n) is 2.20. The molecule has 0 saturated carbocycles. The number of hydrogen-bond donors (Lipinski definition) is 2. The number of rotatable bonds is 4. The number of aromatic carboxylic acids is 2. The molecule has 0 bridgehead atoms. The summed E-state index contributed by atoms with van der Waals surface area (Å²) in [5.74, 6) is -2.89. The molecule has 2 N–H and O–H groups in total. The fourth-order valence-corrected chi connectivity index (χ4v) is 2.20. The monoisotopic (exact) mass is 323 g/mol. The Hall–Kier alpha value is -3.68. The average molecular weight is 323 g/mol. The Kier molecular flexibility index (Phi) is 3.70. The first kappa shape index (κ1) is 15.2. The number of nitrogens with one attached hydrogen (secondary N) is 1. The van der Waals surface area contributed by atoms with Crippen LogP contribution >= 0.6 is 0 Å². The van der Waals surface area contributed by atoms with E-state index in [2.05, 4.69) is 15.3 Å². The van der Waals surface area contributed by atoms with Crippen LogP contribution in [-0.2, 0) is 0 Å². The van der Waals surface area contributed by atoms with Crippen LogP contribution < -0.4 is 15.5 Å². The molecule has 120 valence electrons. The first-order valence-corrected chi connectivity index (χ1v) is 6.73. The van der Waals surface area contributed by atoms with Crippen molar-refractivity contribution >= 4 is 34.3 Å². The van der Waals surface area contributed by atoms with Gasteiger partial charge in [0.1, 0.15) is 12.1 Å². The van der Waals surface area contributed by atoms with Crippen LogP contribution in [-0.4, -0.2) is 27.0 Å². The summed E-state index contributed by atoms with van der Waals surface area (Å²) in [5.41, 5.74) is 0.359. The van der Waals surface area contributed by atoms with E-state index in [0.717, 1.165) is 6.07 Å². The summed E-state index contributed by atoms with van der Waals surface area (Å²) in [7, 11) is 0. The third-order valence-corrected chi connectivity index (χ3v) is 3.34. The number of fused-ring (bicyclic) bond motifs is 1. The number of anilines is 2. The van der Waals surface area contributed by atoms with Gasteiger partial charge in [-0.15, -0.1) is 0 Å². The molecule has 3 rings (SSSR count). The minimum Gasteiger partial charge on any atom is -0.872 e. The topological polar surface area (TPSA) is 138 Å². The van der Waals surface area contributed by atoms with Crippen molar-refractivity contribution in [3.8, 4) is 5.75 Å². The molecule has 3 aromatic rings. The van der Waals surface area contributed by atoms with Gasteiger partial charge in [0.2, 0.25) is 0 Å². The van der Waals surface area contributed by atoms with Gasteiger partial charge < -0.3 is 25.4 Å². The van der Waals surface area contributed by atoms with Gasteiger partial charge in [0.05, 0.1) is 17.0 Å². The Morgan fingerprint density at radius 3 is 2.58 bits per heavy atom. The molecule has 0 radical (unpaired) electrons. The normalized spacial score (nSPS) is 10.5. The van der Waals surface area contributed by atoms with E-state index in [4.69, 9.17) is 5.11 Å². The molecule has 0 aliphatic carbocycles. The molecule has 8 nitrogen and oxygen atoms in total. The lowest BCUT2D eigenvalue weighted by Crippen LogP contribution is -2.22. The maximum atomic E-state index is 11.5. The fraction of sp³-hybridized carbons (Fsp3) is 0. The Labute approximate surface area is 135 Å². The van der Waals surface area contributed by atoms with E-state index in [1.54, 1.807) is 0 Å². The van der Waals surface area contributed by atoms with Crippen molar-refractivity contribution in [2.45, 2.75) is 0 Å². The minimum atomic E-state index is -1.32. The molecule has 0 atom stereocenters. The lowest BCUT2D eigenvalue weighted by molar-refractivity contribution is -0.268. The number of benzene rings is 2. The highest BCUT2D eigenvalue weighted by Crippen LogP contribution is 2.26. The maximum absolute atomic E-state index is 11.5. The van der Waals surface area contributed by atoms with Gasteiger partial charge in [0.25, 0.3) is 0 Å². The minimum absolute atomic E-state index is 0.0176. The summed E-state index contributed by atoms with van der Waals surface area (Å²) in [5, 5.41) is 34.8. The molecule has 1 heterocycles. The standard InChI is InChI=1S/C16H11N3O5/c20-13-4-2-9(6-11(13)16(23)24)19-14-10-3-1-8(15(21)22)5-12(10)17-7-18-14/h1-7,20H,(H,21,22)(H,23,24)(H,17,18,19)/p-2. The molecule has 8 heteroatoms. The first-order chi connectivity index (χ1) is 11.5. The van der Waals surface area contributed by atoms with Gasteiger partial charge in [-0.3, -0.25) is 0 Å². The number of aromatic nitrogens is 2. The third kappa shape index (κ3) is 2.80. The van der Waals surface area contributed by atoms with Gasteiger partial charge in [-0.2, -0.15) is 0 Å². The molecule has 0 aliphatic rings.